The van der Waals surface area contributed by atoms with Crippen molar-refractivity contribution in [1.29, 1.82) is 5.26 Å². The van der Waals surface area contributed by atoms with Crippen LogP contribution in [0.2, 0.25) is 10.0 Å². The summed E-state index contributed by atoms with van der Waals surface area (Å²) in [4.78, 5) is 0. The molecule has 1 fully saturated rings. The van der Waals surface area contributed by atoms with Crippen LogP contribution in [-0.4, -0.2) is 15.0 Å². The molecule has 4 nitrogen and oxygen atoms in total. The van der Waals surface area contributed by atoms with E-state index in [2.05, 4.69) is 16.4 Å². The van der Waals surface area contributed by atoms with Crippen molar-refractivity contribution in [3.05, 3.63) is 45.2 Å². The molecule has 0 saturated heterocycles. The standard InChI is InChI=1S/C13H10Cl2N4/c14-10-4-3-9(11(15)5-10)7-19-13(8-1-2-8)12(6-16)17-18-19/h3-5,8H,1-2,7H2. The number of hydrogen-bond acceptors (Lipinski definition) is 3. The van der Waals surface area contributed by atoms with Crippen molar-refractivity contribution in [1.82, 2.24) is 15.0 Å². The van der Waals surface area contributed by atoms with E-state index in [-0.39, 0.29) is 0 Å². The third-order valence-corrected chi connectivity index (χ3v) is 3.77. The summed E-state index contributed by atoms with van der Waals surface area (Å²) in [6, 6.07) is 7.47. The first-order chi connectivity index (χ1) is 9.19. The quantitative estimate of drug-likeness (QED) is 0.871. The summed E-state index contributed by atoms with van der Waals surface area (Å²) in [6.07, 6.45) is 2.19. The van der Waals surface area contributed by atoms with E-state index >= 15 is 0 Å². The van der Waals surface area contributed by atoms with Gasteiger partial charge in [-0.25, -0.2) is 4.68 Å². The Labute approximate surface area is 120 Å². The lowest BCUT2D eigenvalue weighted by Crippen LogP contribution is -2.06. The van der Waals surface area contributed by atoms with Crippen LogP contribution in [0.4, 0.5) is 0 Å². The second-order valence-corrected chi connectivity index (χ2v) is 5.45. The first-order valence-electron chi connectivity index (χ1n) is 5.96. The number of benzene rings is 1. The summed E-state index contributed by atoms with van der Waals surface area (Å²) in [7, 11) is 0. The zero-order chi connectivity index (χ0) is 13.4. The highest BCUT2D eigenvalue weighted by atomic mass is 35.5. The van der Waals surface area contributed by atoms with Crippen LogP contribution >= 0.6 is 23.2 Å². The SMILES string of the molecule is N#Cc1nnn(Cc2ccc(Cl)cc2Cl)c1C1CC1. The average Bonchev–Trinajstić information content (AvgIpc) is 3.14. The van der Waals surface area contributed by atoms with E-state index in [0.717, 1.165) is 24.1 Å². The number of nitrogens with zero attached hydrogens (tertiary/aromatic N) is 4. The summed E-state index contributed by atoms with van der Waals surface area (Å²) in [5, 5.41) is 18.2. The van der Waals surface area contributed by atoms with E-state index in [1.807, 2.05) is 6.07 Å². The Morgan fingerprint density at radius 3 is 2.79 bits per heavy atom. The fraction of sp³-hybridized carbons (Fsp3) is 0.308. The van der Waals surface area contributed by atoms with E-state index < -0.39 is 0 Å². The first-order valence-corrected chi connectivity index (χ1v) is 6.72. The maximum Gasteiger partial charge on any atom is 0.186 e. The van der Waals surface area contributed by atoms with Crippen LogP contribution in [0.5, 0.6) is 0 Å². The van der Waals surface area contributed by atoms with Gasteiger partial charge >= 0.3 is 0 Å². The number of halogens is 2. The maximum absolute atomic E-state index is 9.06. The van der Waals surface area contributed by atoms with Crippen LogP contribution in [0.15, 0.2) is 18.2 Å². The summed E-state index contributed by atoms with van der Waals surface area (Å²) in [6.45, 7) is 0.510. The Kier molecular flexibility index (Phi) is 3.17. The molecule has 19 heavy (non-hydrogen) atoms. The molecule has 0 aliphatic heterocycles. The van der Waals surface area contributed by atoms with Crippen LogP contribution in [0, 0.1) is 11.3 Å². The minimum absolute atomic E-state index is 0.413. The number of nitriles is 1. The van der Waals surface area contributed by atoms with Gasteiger partial charge in [0.2, 0.25) is 0 Å². The van der Waals surface area contributed by atoms with Crippen molar-refractivity contribution in [2.75, 3.05) is 0 Å². The molecular formula is C13H10Cl2N4. The normalized spacial score (nSPS) is 14.4. The Bertz CT molecular complexity index is 668. The number of aromatic nitrogens is 3. The first kappa shape index (κ1) is 12.5. The van der Waals surface area contributed by atoms with E-state index in [1.165, 1.54) is 0 Å². The van der Waals surface area contributed by atoms with Crippen LogP contribution in [0.3, 0.4) is 0 Å². The van der Waals surface area contributed by atoms with E-state index in [0.29, 0.717) is 28.2 Å². The molecule has 0 radical (unpaired) electrons. The molecule has 1 aliphatic carbocycles. The highest BCUT2D eigenvalue weighted by molar-refractivity contribution is 6.35. The van der Waals surface area contributed by atoms with Crippen LogP contribution in [0.1, 0.15) is 35.7 Å². The molecule has 1 aromatic carbocycles. The Morgan fingerprint density at radius 1 is 1.37 bits per heavy atom. The molecular weight excluding hydrogens is 283 g/mol. The molecule has 0 spiro atoms. The zero-order valence-corrected chi connectivity index (χ0v) is 11.5. The predicted octanol–water partition coefficient (Wildman–Crippen LogP) is 3.38. The predicted molar refractivity (Wildman–Crippen MR) is 72.3 cm³/mol. The van der Waals surface area contributed by atoms with Gasteiger partial charge < -0.3 is 0 Å². The van der Waals surface area contributed by atoms with Gasteiger partial charge in [0.05, 0.1) is 12.2 Å². The van der Waals surface area contributed by atoms with Gasteiger partial charge in [0, 0.05) is 16.0 Å². The van der Waals surface area contributed by atoms with E-state index in [4.69, 9.17) is 28.5 Å². The molecule has 1 heterocycles. The summed E-state index contributed by atoms with van der Waals surface area (Å²) < 4.78 is 1.77. The zero-order valence-electron chi connectivity index (χ0n) is 9.98. The highest BCUT2D eigenvalue weighted by Crippen LogP contribution is 2.41. The van der Waals surface area contributed by atoms with Crippen molar-refractivity contribution in [2.45, 2.75) is 25.3 Å². The second kappa shape index (κ2) is 4.84. The largest absolute Gasteiger partial charge is 0.243 e. The maximum atomic E-state index is 9.06. The van der Waals surface area contributed by atoms with Crippen molar-refractivity contribution < 1.29 is 0 Å². The van der Waals surface area contributed by atoms with Crippen LogP contribution in [-0.2, 0) is 6.54 Å². The lowest BCUT2D eigenvalue weighted by molar-refractivity contribution is 0.619. The molecule has 1 saturated carbocycles. The van der Waals surface area contributed by atoms with Crippen LogP contribution < -0.4 is 0 Å². The Morgan fingerprint density at radius 2 is 2.16 bits per heavy atom. The molecule has 1 aliphatic rings. The van der Waals surface area contributed by atoms with Gasteiger partial charge in [-0.3, -0.25) is 0 Å². The lowest BCUT2D eigenvalue weighted by Gasteiger charge is -2.07. The molecule has 0 atom stereocenters. The molecule has 1 aromatic heterocycles. The third-order valence-electron chi connectivity index (χ3n) is 3.18. The van der Waals surface area contributed by atoms with Gasteiger partial charge in [-0.15, -0.1) is 5.10 Å². The van der Waals surface area contributed by atoms with Gasteiger partial charge in [-0.2, -0.15) is 5.26 Å². The lowest BCUT2D eigenvalue weighted by atomic mass is 10.2. The molecule has 96 valence electrons. The fourth-order valence-electron chi connectivity index (χ4n) is 2.09. The van der Waals surface area contributed by atoms with E-state index in [1.54, 1.807) is 16.8 Å². The molecule has 0 N–H and O–H groups in total. The van der Waals surface area contributed by atoms with Crippen molar-refractivity contribution >= 4 is 23.2 Å². The van der Waals surface area contributed by atoms with Crippen molar-refractivity contribution in [2.24, 2.45) is 0 Å². The summed E-state index contributed by atoms with van der Waals surface area (Å²) in [5.74, 6) is 0.413. The summed E-state index contributed by atoms with van der Waals surface area (Å²) >= 11 is 12.0. The minimum Gasteiger partial charge on any atom is -0.243 e. The molecule has 3 rings (SSSR count). The summed E-state index contributed by atoms with van der Waals surface area (Å²) in [5.41, 5.74) is 2.27. The monoisotopic (exact) mass is 292 g/mol. The Hall–Kier alpha value is -1.57. The third kappa shape index (κ3) is 2.44. The topological polar surface area (TPSA) is 54.5 Å². The molecule has 0 unspecified atom stereocenters. The molecule has 0 amide bonds. The van der Waals surface area contributed by atoms with Crippen molar-refractivity contribution in [3.63, 3.8) is 0 Å². The molecule has 2 aromatic rings. The molecule has 6 heteroatoms. The average molecular weight is 293 g/mol. The number of rotatable bonds is 3. The van der Waals surface area contributed by atoms with Gasteiger partial charge in [0.25, 0.3) is 0 Å². The smallest absolute Gasteiger partial charge is 0.186 e. The highest BCUT2D eigenvalue weighted by Gasteiger charge is 2.31. The molecule has 0 bridgehead atoms. The van der Waals surface area contributed by atoms with Gasteiger partial charge in [0.15, 0.2) is 5.69 Å². The second-order valence-electron chi connectivity index (χ2n) is 4.60. The fourth-order valence-corrected chi connectivity index (χ4v) is 2.56. The number of hydrogen-bond donors (Lipinski definition) is 0. The van der Waals surface area contributed by atoms with E-state index in [9.17, 15) is 0 Å². The van der Waals surface area contributed by atoms with Gasteiger partial charge in [-0.05, 0) is 30.5 Å². The Balaban J connectivity index is 1.95. The van der Waals surface area contributed by atoms with Crippen LogP contribution in [0.25, 0.3) is 0 Å². The van der Waals surface area contributed by atoms with Crippen molar-refractivity contribution in [3.8, 4) is 6.07 Å². The van der Waals surface area contributed by atoms with Gasteiger partial charge in [-0.1, -0.05) is 34.5 Å². The minimum atomic E-state index is 0.413. The van der Waals surface area contributed by atoms with Gasteiger partial charge in [0.1, 0.15) is 6.07 Å².